The molecule has 3 aromatic rings. The van der Waals surface area contributed by atoms with Gasteiger partial charge in [-0.1, -0.05) is 11.3 Å². The number of thiazole rings is 1. The maximum absolute atomic E-state index is 13.0. The van der Waals surface area contributed by atoms with Crippen molar-refractivity contribution in [3.8, 4) is 0 Å². The van der Waals surface area contributed by atoms with Gasteiger partial charge in [-0.2, -0.15) is 0 Å². The summed E-state index contributed by atoms with van der Waals surface area (Å²) in [4.78, 5) is 8.00. The van der Waals surface area contributed by atoms with Crippen LogP contribution in [0.2, 0.25) is 0 Å². The van der Waals surface area contributed by atoms with E-state index < -0.39 is 5.82 Å². The molecule has 3 nitrogen and oxygen atoms in total. The summed E-state index contributed by atoms with van der Waals surface area (Å²) in [5.74, 6) is -0.725. The van der Waals surface area contributed by atoms with E-state index in [2.05, 4.69) is 15.3 Å². The fourth-order valence-corrected chi connectivity index (χ4v) is 2.47. The second-order valence-electron chi connectivity index (χ2n) is 3.65. The van der Waals surface area contributed by atoms with Crippen LogP contribution < -0.4 is 5.32 Å². The van der Waals surface area contributed by atoms with Gasteiger partial charge in [0.25, 0.3) is 0 Å². The van der Waals surface area contributed by atoms with Crippen LogP contribution in [0.25, 0.3) is 10.2 Å². The summed E-state index contributed by atoms with van der Waals surface area (Å²) in [6.07, 6.45) is 2.62. The molecule has 0 saturated carbocycles. The third-order valence-corrected chi connectivity index (χ3v) is 3.24. The molecule has 18 heavy (non-hydrogen) atoms. The number of fused-ring (bicyclic) bond motifs is 1. The zero-order valence-corrected chi connectivity index (χ0v) is 9.84. The highest BCUT2D eigenvalue weighted by Gasteiger charge is 2.05. The topological polar surface area (TPSA) is 37.8 Å². The fourth-order valence-electron chi connectivity index (χ4n) is 1.56. The Morgan fingerprint density at radius 3 is 2.78 bits per heavy atom. The molecule has 0 saturated heterocycles. The van der Waals surface area contributed by atoms with Gasteiger partial charge in [-0.25, -0.2) is 13.8 Å². The minimum atomic E-state index is -0.424. The zero-order valence-electron chi connectivity index (χ0n) is 9.02. The summed E-state index contributed by atoms with van der Waals surface area (Å²) in [5, 5.41) is 3.51. The molecule has 0 aliphatic heterocycles. The lowest BCUT2D eigenvalue weighted by Crippen LogP contribution is -1.90. The second-order valence-corrected chi connectivity index (χ2v) is 4.68. The van der Waals surface area contributed by atoms with Crippen molar-refractivity contribution >= 4 is 32.4 Å². The van der Waals surface area contributed by atoms with E-state index in [0.717, 1.165) is 10.9 Å². The van der Waals surface area contributed by atoms with Crippen LogP contribution in [-0.2, 0) is 0 Å². The average molecular weight is 263 g/mol. The number of hydrogen-bond acceptors (Lipinski definition) is 4. The summed E-state index contributed by atoms with van der Waals surface area (Å²) < 4.78 is 26.7. The van der Waals surface area contributed by atoms with E-state index in [1.165, 1.54) is 35.7 Å². The molecule has 2 aromatic heterocycles. The Hall–Kier alpha value is -2.08. The third-order valence-electron chi connectivity index (χ3n) is 2.31. The molecule has 0 amide bonds. The monoisotopic (exact) mass is 263 g/mol. The maximum atomic E-state index is 13.0. The Kier molecular flexibility index (Phi) is 2.64. The van der Waals surface area contributed by atoms with Gasteiger partial charge in [0, 0.05) is 6.07 Å². The van der Waals surface area contributed by atoms with Crippen molar-refractivity contribution in [1.29, 1.82) is 0 Å². The maximum Gasteiger partial charge on any atom is 0.188 e. The largest absolute Gasteiger partial charge is 0.330 e. The van der Waals surface area contributed by atoms with Gasteiger partial charge < -0.3 is 5.32 Å². The highest BCUT2D eigenvalue weighted by Crippen LogP contribution is 2.28. The molecule has 0 aliphatic rings. The summed E-state index contributed by atoms with van der Waals surface area (Å²) in [6.45, 7) is 0. The van der Waals surface area contributed by atoms with Gasteiger partial charge in [0.05, 0.1) is 28.3 Å². The summed E-state index contributed by atoms with van der Waals surface area (Å²) in [6, 6.07) is 5.70. The summed E-state index contributed by atoms with van der Waals surface area (Å²) in [7, 11) is 0. The van der Waals surface area contributed by atoms with Crippen LogP contribution in [-0.4, -0.2) is 9.97 Å². The lowest BCUT2D eigenvalue weighted by molar-refractivity contribution is 0.622. The van der Waals surface area contributed by atoms with Crippen LogP contribution in [0.1, 0.15) is 0 Å². The number of hydrogen-bond donors (Lipinski definition) is 1. The van der Waals surface area contributed by atoms with Gasteiger partial charge >= 0.3 is 0 Å². The first-order chi connectivity index (χ1) is 8.70. The normalized spacial score (nSPS) is 10.8. The Morgan fingerprint density at radius 2 is 1.94 bits per heavy atom. The van der Waals surface area contributed by atoms with E-state index in [1.54, 1.807) is 6.07 Å². The molecule has 6 heteroatoms. The van der Waals surface area contributed by atoms with Crippen molar-refractivity contribution in [3.05, 3.63) is 48.3 Å². The first kappa shape index (κ1) is 11.0. The van der Waals surface area contributed by atoms with Crippen LogP contribution in [0.4, 0.5) is 19.6 Å². The average Bonchev–Trinajstić information content (AvgIpc) is 2.70. The van der Waals surface area contributed by atoms with E-state index in [1.807, 2.05) is 0 Å². The SMILES string of the molecule is Fc1cncc(Nc2nc3ccc(F)cc3s2)c1. The number of pyridine rings is 1. The van der Waals surface area contributed by atoms with Crippen molar-refractivity contribution in [3.63, 3.8) is 0 Å². The molecule has 2 heterocycles. The molecule has 0 atom stereocenters. The highest BCUT2D eigenvalue weighted by atomic mass is 32.1. The molecular formula is C12H7F2N3S. The molecule has 0 spiro atoms. The lowest BCUT2D eigenvalue weighted by Gasteiger charge is -2.00. The van der Waals surface area contributed by atoms with Gasteiger partial charge in [-0.3, -0.25) is 4.98 Å². The summed E-state index contributed by atoms with van der Waals surface area (Å²) in [5.41, 5.74) is 1.21. The molecule has 0 unspecified atom stereocenters. The minimum Gasteiger partial charge on any atom is -0.330 e. The van der Waals surface area contributed by atoms with Gasteiger partial charge in [0.15, 0.2) is 5.13 Å². The van der Waals surface area contributed by atoms with Gasteiger partial charge in [-0.15, -0.1) is 0 Å². The number of halogens is 2. The standard InChI is InChI=1S/C12H7F2N3S/c13-7-1-2-10-11(4-7)18-12(17-10)16-9-3-8(14)5-15-6-9/h1-6H,(H,16,17). The van der Waals surface area contributed by atoms with Crippen LogP contribution in [0.5, 0.6) is 0 Å². The van der Waals surface area contributed by atoms with E-state index in [0.29, 0.717) is 16.3 Å². The molecule has 0 aliphatic carbocycles. The lowest BCUT2D eigenvalue weighted by atomic mass is 10.3. The van der Waals surface area contributed by atoms with Crippen molar-refractivity contribution in [2.75, 3.05) is 5.32 Å². The van der Waals surface area contributed by atoms with E-state index in [-0.39, 0.29) is 5.82 Å². The van der Waals surface area contributed by atoms with Crippen molar-refractivity contribution in [2.45, 2.75) is 0 Å². The van der Waals surface area contributed by atoms with Gasteiger partial charge in [0.1, 0.15) is 11.6 Å². The molecular weight excluding hydrogens is 256 g/mol. The number of benzene rings is 1. The Labute approximate surface area is 105 Å². The van der Waals surface area contributed by atoms with Gasteiger partial charge in [0.2, 0.25) is 0 Å². The van der Waals surface area contributed by atoms with Gasteiger partial charge in [-0.05, 0) is 18.2 Å². The van der Waals surface area contributed by atoms with Crippen LogP contribution >= 0.6 is 11.3 Å². The smallest absolute Gasteiger partial charge is 0.188 e. The minimum absolute atomic E-state index is 0.301. The Morgan fingerprint density at radius 1 is 1.06 bits per heavy atom. The molecule has 3 rings (SSSR count). The zero-order chi connectivity index (χ0) is 12.5. The van der Waals surface area contributed by atoms with E-state index >= 15 is 0 Å². The van der Waals surface area contributed by atoms with Crippen molar-refractivity contribution < 1.29 is 8.78 Å². The van der Waals surface area contributed by atoms with Crippen LogP contribution in [0.15, 0.2) is 36.7 Å². The first-order valence-corrected chi connectivity index (χ1v) is 5.96. The predicted octanol–water partition coefficient (Wildman–Crippen LogP) is 3.71. The third kappa shape index (κ3) is 2.14. The van der Waals surface area contributed by atoms with E-state index in [4.69, 9.17) is 0 Å². The first-order valence-electron chi connectivity index (χ1n) is 5.14. The molecule has 0 fully saturated rings. The second kappa shape index (κ2) is 4.30. The molecule has 90 valence electrons. The van der Waals surface area contributed by atoms with Crippen LogP contribution in [0, 0.1) is 11.6 Å². The van der Waals surface area contributed by atoms with E-state index in [9.17, 15) is 8.78 Å². The summed E-state index contributed by atoms with van der Waals surface area (Å²) >= 11 is 1.30. The molecule has 0 radical (unpaired) electrons. The molecule has 1 N–H and O–H groups in total. The van der Waals surface area contributed by atoms with Crippen molar-refractivity contribution in [2.24, 2.45) is 0 Å². The fraction of sp³-hybridized carbons (Fsp3) is 0. The highest BCUT2D eigenvalue weighted by molar-refractivity contribution is 7.22. The number of nitrogens with zero attached hydrogens (tertiary/aromatic N) is 2. The van der Waals surface area contributed by atoms with Crippen molar-refractivity contribution in [1.82, 2.24) is 9.97 Å². The Balaban J connectivity index is 1.95. The number of anilines is 2. The number of nitrogens with one attached hydrogen (secondary N) is 1. The Bertz CT molecular complexity index is 711. The number of rotatable bonds is 2. The quantitative estimate of drug-likeness (QED) is 0.765. The predicted molar refractivity (Wildman–Crippen MR) is 67.1 cm³/mol. The molecule has 1 aromatic carbocycles. The number of aromatic nitrogens is 2. The van der Waals surface area contributed by atoms with Crippen LogP contribution in [0.3, 0.4) is 0 Å². The molecule has 0 bridgehead atoms.